The summed E-state index contributed by atoms with van der Waals surface area (Å²) in [4.78, 5) is 0. The fourth-order valence-electron chi connectivity index (χ4n) is 4.41. The van der Waals surface area contributed by atoms with Gasteiger partial charge in [0.25, 0.3) is 0 Å². The molecule has 1 aromatic heterocycles. The molecule has 0 radical (unpaired) electrons. The van der Waals surface area contributed by atoms with Crippen molar-refractivity contribution in [3.8, 4) is 0 Å². The summed E-state index contributed by atoms with van der Waals surface area (Å²) < 4.78 is 7.67. The number of para-hydroxylation sites is 2. The van der Waals surface area contributed by atoms with Crippen molar-refractivity contribution in [2.75, 3.05) is 0 Å². The Bertz CT molecular complexity index is 1260. The molecule has 1 heterocycles. The van der Waals surface area contributed by atoms with Crippen molar-refractivity contribution >= 4 is 36.0 Å². The first kappa shape index (κ1) is 23.7. The molecule has 0 fully saturated rings. The zero-order valence-electron chi connectivity index (χ0n) is 21.6. The van der Waals surface area contributed by atoms with Crippen LogP contribution >= 0.6 is 8.52 Å². The lowest BCUT2D eigenvalue weighted by Crippen LogP contribution is -2.21. The van der Waals surface area contributed by atoms with Crippen molar-refractivity contribution in [2.45, 2.75) is 78.6 Å². The molecule has 0 atom stereocenters. The van der Waals surface area contributed by atoms with Crippen LogP contribution in [0, 0.1) is 0 Å². The SMILES string of the molecule is CC(C)(C)c1cc(C(C)(C)C)c(N=Pn2c3ccccc3c3ccccc32)c(C(C)(C)C)c1. The van der Waals surface area contributed by atoms with Gasteiger partial charge in [-0.25, -0.2) is 4.74 Å². The minimum Gasteiger partial charge on any atom is -0.276 e. The Kier molecular flexibility index (Phi) is 5.82. The van der Waals surface area contributed by atoms with Crippen LogP contribution < -0.4 is 0 Å². The van der Waals surface area contributed by atoms with Gasteiger partial charge < -0.3 is 0 Å². The van der Waals surface area contributed by atoms with E-state index in [4.69, 9.17) is 4.74 Å². The standard InChI is InChI=1S/C30H37N2P/c1-28(2,3)20-18-23(29(4,5)6)27(24(19-20)30(7,8)9)31-33-32-25-16-12-10-14-21(25)22-15-11-13-17-26(22)32/h10-19H,1-9H3. The Labute approximate surface area is 201 Å². The second kappa shape index (κ2) is 8.10. The van der Waals surface area contributed by atoms with E-state index in [0.717, 1.165) is 14.2 Å². The van der Waals surface area contributed by atoms with Crippen LogP contribution in [0.2, 0.25) is 0 Å². The summed E-state index contributed by atoms with van der Waals surface area (Å²) in [5, 5.41) is 2.57. The molecule has 2 nitrogen and oxygen atoms in total. The van der Waals surface area contributed by atoms with Crippen molar-refractivity contribution in [1.29, 1.82) is 0 Å². The molecule has 0 aliphatic heterocycles. The van der Waals surface area contributed by atoms with Crippen molar-refractivity contribution in [2.24, 2.45) is 4.74 Å². The molecule has 4 aromatic rings. The summed E-state index contributed by atoms with van der Waals surface area (Å²) in [5.74, 6) is 0. The minimum absolute atomic E-state index is 0.00353. The molecule has 0 spiro atoms. The molecule has 0 saturated carbocycles. The monoisotopic (exact) mass is 456 g/mol. The van der Waals surface area contributed by atoms with Crippen LogP contribution in [0.5, 0.6) is 0 Å². The first-order valence-corrected chi connectivity index (χ1v) is 12.7. The summed E-state index contributed by atoms with van der Waals surface area (Å²) >= 11 is 0. The Morgan fingerprint density at radius 1 is 0.606 bits per heavy atom. The highest BCUT2D eigenvalue weighted by Crippen LogP contribution is 2.45. The molecule has 3 heteroatoms. The Morgan fingerprint density at radius 3 is 1.42 bits per heavy atom. The van der Waals surface area contributed by atoms with Crippen LogP contribution in [-0.2, 0) is 16.2 Å². The molecular weight excluding hydrogens is 419 g/mol. The zero-order chi connectivity index (χ0) is 24.2. The first-order valence-electron chi connectivity index (χ1n) is 11.9. The number of benzene rings is 3. The van der Waals surface area contributed by atoms with E-state index < -0.39 is 0 Å². The molecular formula is C30H37N2P. The maximum Gasteiger partial charge on any atom is 0.138 e. The van der Waals surface area contributed by atoms with Gasteiger partial charge in [-0.3, -0.25) is 4.34 Å². The van der Waals surface area contributed by atoms with Gasteiger partial charge in [0.15, 0.2) is 0 Å². The second-order valence-electron chi connectivity index (χ2n) is 12.2. The van der Waals surface area contributed by atoms with E-state index in [2.05, 4.69) is 127 Å². The lowest BCUT2D eigenvalue weighted by atomic mass is 9.74. The molecule has 0 saturated heterocycles. The number of aromatic nitrogens is 1. The number of hydrogen-bond donors (Lipinski definition) is 0. The molecule has 0 amide bonds. The van der Waals surface area contributed by atoms with Crippen LogP contribution in [0.4, 0.5) is 5.69 Å². The van der Waals surface area contributed by atoms with Gasteiger partial charge in [0.1, 0.15) is 8.52 Å². The summed E-state index contributed by atoms with van der Waals surface area (Å²) in [6.45, 7) is 20.7. The van der Waals surface area contributed by atoms with Gasteiger partial charge >= 0.3 is 0 Å². The molecule has 33 heavy (non-hydrogen) atoms. The summed E-state index contributed by atoms with van der Waals surface area (Å²) in [7, 11) is 0.922. The van der Waals surface area contributed by atoms with Gasteiger partial charge in [-0.1, -0.05) is 111 Å². The smallest absolute Gasteiger partial charge is 0.138 e. The van der Waals surface area contributed by atoms with Gasteiger partial charge in [-0.2, -0.15) is 0 Å². The van der Waals surface area contributed by atoms with Crippen molar-refractivity contribution in [3.05, 3.63) is 77.4 Å². The highest BCUT2D eigenvalue weighted by Gasteiger charge is 2.29. The van der Waals surface area contributed by atoms with E-state index in [-0.39, 0.29) is 16.2 Å². The lowest BCUT2D eigenvalue weighted by Gasteiger charge is -2.32. The largest absolute Gasteiger partial charge is 0.276 e. The van der Waals surface area contributed by atoms with Gasteiger partial charge in [-0.05, 0) is 45.1 Å². The highest BCUT2D eigenvalue weighted by atomic mass is 31.1. The molecule has 0 unspecified atom stereocenters. The van der Waals surface area contributed by atoms with Gasteiger partial charge in [0.2, 0.25) is 0 Å². The molecule has 0 aliphatic carbocycles. The normalized spacial score (nSPS) is 13.5. The van der Waals surface area contributed by atoms with E-state index in [0.29, 0.717) is 0 Å². The predicted molar refractivity (Wildman–Crippen MR) is 146 cm³/mol. The van der Waals surface area contributed by atoms with Crippen LogP contribution in [-0.4, -0.2) is 4.34 Å². The topological polar surface area (TPSA) is 17.3 Å². The molecule has 172 valence electrons. The van der Waals surface area contributed by atoms with Gasteiger partial charge in [0.05, 0.1) is 16.7 Å². The van der Waals surface area contributed by atoms with Crippen LogP contribution in [0.15, 0.2) is 65.4 Å². The average Bonchev–Trinajstić information content (AvgIpc) is 3.03. The summed E-state index contributed by atoms with van der Waals surface area (Å²) in [6.07, 6.45) is 0. The molecule has 3 aromatic carbocycles. The van der Waals surface area contributed by atoms with Gasteiger partial charge in [-0.15, -0.1) is 0 Å². The van der Waals surface area contributed by atoms with E-state index in [1.54, 1.807) is 0 Å². The second-order valence-corrected chi connectivity index (χ2v) is 13.0. The number of hydrogen-bond acceptors (Lipinski definition) is 1. The molecule has 0 bridgehead atoms. The lowest BCUT2D eigenvalue weighted by molar-refractivity contribution is 0.550. The Morgan fingerprint density at radius 2 is 1.03 bits per heavy atom. The first-order chi connectivity index (χ1) is 15.3. The van der Waals surface area contributed by atoms with E-state index in [1.165, 1.54) is 38.5 Å². The van der Waals surface area contributed by atoms with Crippen LogP contribution in [0.25, 0.3) is 21.8 Å². The highest BCUT2D eigenvalue weighted by molar-refractivity contribution is 7.26. The third-order valence-electron chi connectivity index (χ3n) is 6.38. The number of nitrogens with zero attached hydrogens (tertiary/aromatic N) is 2. The van der Waals surface area contributed by atoms with E-state index >= 15 is 0 Å². The van der Waals surface area contributed by atoms with Crippen molar-refractivity contribution in [1.82, 2.24) is 4.34 Å². The van der Waals surface area contributed by atoms with Crippen molar-refractivity contribution in [3.63, 3.8) is 0 Å². The maximum absolute atomic E-state index is 5.34. The van der Waals surface area contributed by atoms with Crippen molar-refractivity contribution < 1.29 is 0 Å². The third-order valence-corrected chi connectivity index (χ3v) is 7.28. The Balaban J connectivity index is 2.02. The Hall–Kier alpha value is -2.44. The fourth-order valence-corrected chi connectivity index (χ4v) is 5.34. The third kappa shape index (κ3) is 4.51. The van der Waals surface area contributed by atoms with E-state index in [9.17, 15) is 0 Å². The van der Waals surface area contributed by atoms with E-state index in [1.807, 2.05) is 0 Å². The summed E-state index contributed by atoms with van der Waals surface area (Å²) in [6, 6.07) is 22.1. The number of rotatable bonds is 2. The predicted octanol–water partition coefficient (Wildman–Crippen LogP) is 9.91. The van der Waals surface area contributed by atoms with Crippen LogP contribution in [0.1, 0.15) is 79.0 Å². The quantitative estimate of drug-likeness (QED) is 0.267. The number of fused-ring (bicyclic) bond motifs is 3. The fraction of sp³-hybridized carbons (Fsp3) is 0.400. The maximum atomic E-state index is 5.34. The molecule has 0 aliphatic rings. The zero-order valence-corrected chi connectivity index (χ0v) is 22.5. The van der Waals surface area contributed by atoms with Gasteiger partial charge in [0, 0.05) is 10.8 Å². The van der Waals surface area contributed by atoms with Crippen LogP contribution in [0.3, 0.4) is 0 Å². The molecule has 0 N–H and O–H groups in total. The minimum atomic E-state index is -0.00353. The molecule has 4 rings (SSSR count). The summed E-state index contributed by atoms with van der Waals surface area (Å²) in [5.41, 5.74) is 7.71. The average molecular weight is 457 g/mol.